The van der Waals surface area contributed by atoms with Gasteiger partial charge in [0.15, 0.2) is 34.5 Å². The molecular formula is C37H36N2O7. The molecule has 0 radical (unpaired) electrons. The quantitative estimate of drug-likeness (QED) is 0.244. The largest absolute Gasteiger partial charge is 0.493 e. The van der Waals surface area contributed by atoms with E-state index in [9.17, 15) is 4.79 Å². The molecule has 0 aliphatic carbocycles. The summed E-state index contributed by atoms with van der Waals surface area (Å²) in [5, 5.41) is 0. The van der Waals surface area contributed by atoms with Gasteiger partial charge in [-0.05, 0) is 103 Å². The predicted molar refractivity (Wildman–Crippen MR) is 171 cm³/mol. The summed E-state index contributed by atoms with van der Waals surface area (Å²) in [6, 6.07) is 20.2. The van der Waals surface area contributed by atoms with Crippen LogP contribution in [0.5, 0.6) is 46.0 Å². The third-order valence-electron chi connectivity index (χ3n) is 9.75. The van der Waals surface area contributed by atoms with E-state index in [1.807, 2.05) is 41.3 Å². The predicted octanol–water partition coefficient (Wildman–Crippen LogP) is 6.40. The second-order valence-electron chi connectivity index (χ2n) is 12.3. The maximum Gasteiger partial charge on any atom is 0.231 e. The normalized spacial score (nSPS) is 19.7. The molecule has 9 rings (SSSR count). The van der Waals surface area contributed by atoms with Crippen LogP contribution in [0.3, 0.4) is 0 Å². The van der Waals surface area contributed by atoms with Crippen LogP contribution in [0.25, 0.3) is 0 Å². The number of carbonyl (C=O) groups excluding carboxylic acids is 1. The molecular weight excluding hydrogens is 584 g/mol. The highest BCUT2D eigenvalue weighted by Gasteiger charge is 2.36. The SMILES string of the molecule is COc1ccc2cc1Oc1ccc(cc1)C[C@H]1c3c(cc4c(c3Oc3cc5c(cc3OC)CCN(C=O)[C@@H]5C2)OCO4)CCN1C. The second-order valence-corrected chi connectivity index (χ2v) is 12.3. The summed E-state index contributed by atoms with van der Waals surface area (Å²) in [5.41, 5.74) is 6.61. The number of fused-ring (bicyclic) bond motifs is 3. The topological polar surface area (TPSA) is 78.9 Å². The van der Waals surface area contributed by atoms with Gasteiger partial charge in [0, 0.05) is 24.7 Å². The molecule has 4 aromatic carbocycles. The number of amides is 1. The van der Waals surface area contributed by atoms with Gasteiger partial charge < -0.3 is 33.3 Å². The van der Waals surface area contributed by atoms with Crippen LogP contribution in [0, 0.1) is 0 Å². The van der Waals surface area contributed by atoms with Gasteiger partial charge in [0.25, 0.3) is 0 Å². The van der Waals surface area contributed by atoms with Gasteiger partial charge in [0.1, 0.15) is 5.75 Å². The van der Waals surface area contributed by atoms with E-state index in [1.165, 1.54) is 11.1 Å². The Morgan fingerprint density at radius 1 is 0.739 bits per heavy atom. The van der Waals surface area contributed by atoms with E-state index in [0.29, 0.717) is 59.6 Å². The Labute approximate surface area is 268 Å². The zero-order chi connectivity index (χ0) is 31.4. The minimum Gasteiger partial charge on any atom is -0.493 e. The smallest absolute Gasteiger partial charge is 0.231 e. The fourth-order valence-electron chi connectivity index (χ4n) is 7.31. The first kappa shape index (κ1) is 28.6. The van der Waals surface area contributed by atoms with Crippen molar-refractivity contribution in [1.82, 2.24) is 9.80 Å². The Balaban J connectivity index is 1.34. The van der Waals surface area contributed by atoms with Gasteiger partial charge in [0.05, 0.1) is 20.3 Å². The van der Waals surface area contributed by atoms with Crippen molar-refractivity contribution >= 4 is 6.41 Å². The van der Waals surface area contributed by atoms with Crippen molar-refractivity contribution in [3.8, 4) is 46.0 Å². The Hall–Kier alpha value is -4.89. The minimum atomic E-state index is -0.220. The average Bonchev–Trinajstić information content (AvgIpc) is 3.55. The molecule has 46 heavy (non-hydrogen) atoms. The van der Waals surface area contributed by atoms with Crippen molar-refractivity contribution < 1.29 is 33.2 Å². The van der Waals surface area contributed by atoms with Crippen molar-refractivity contribution in [1.29, 1.82) is 0 Å². The molecule has 0 unspecified atom stereocenters. The lowest BCUT2D eigenvalue weighted by atomic mass is 9.87. The van der Waals surface area contributed by atoms with Crippen molar-refractivity contribution in [3.05, 3.63) is 94.0 Å². The van der Waals surface area contributed by atoms with Crippen LogP contribution in [-0.2, 0) is 30.5 Å². The maximum atomic E-state index is 12.4. The van der Waals surface area contributed by atoms with Crippen LogP contribution in [-0.4, -0.2) is 57.4 Å². The molecule has 5 aliphatic heterocycles. The molecule has 236 valence electrons. The summed E-state index contributed by atoms with van der Waals surface area (Å²) >= 11 is 0. The van der Waals surface area contributed by atoms with E-state index in [-0.39, 0.29) is 18.9 Å². The summed E-state index contributed by atoms with van der Waals surface area (Å²) in [6.07, 6.45) is 3.86. The molecule has 0 saturated heterocycles. The fraction of sp³-hybridized carbons (Fsp3) is 0.324. The molecule has 2 atom stereocenters. The Kier molecular flexibility index (Phi) is 7.13. The number of nitrogens with zero attached hydrogens (tertiary/aromatic N) is 2. The van der Waals surface area contributed by atoms with Gasteiger partial charge in [-0.2, -0.15) is 0 Å². The zero-order valence-corrected chi connectivity index (χ0v) is 26.2. The molecule has 4 aromatic rings. The number of rotatable bonds is 3. The Morgan fingerprint density at radius 3 is 2.30 bits per heavy atom. The van der Waals surface area contributed by atoms with Crippen molar-refractivity contribution in [2.45, 2.75) is 37.8 Å². The first-order valence-electron chi connectivity index (χ1n) is 15.7. The summed E-state index contributed by atoms with van der Waals surface area (Å²) in [7, 11) is 5.46. The van der Waals surface area contributed by atoms with Crippen LogP contribution >= 0.6 is 0 Å². The molecule has 0 fully saturated rings. The molecule has 5 heterocycles. The van der Waals surface area contributed by atoms with Crippen molar-refractivity contribution in [3.63, 3.8) is 0 Å². The lowest BCUT2D eigenvalue weighted by Gasteiger charge is -2.37. The number of likely N-dealkylation sites (N-methyl/N-ethyl adjacent to an activating group) is 1. The van der Waals surface area contributed by atoms with E-state index in [0.717, 1.165) is 53.8 Å². The molecule has 6 bridgehead atoms. The van der Waals surface area contributed by atoms with Crippen molar-refractivity contribution in [2.24, 2.45) is 0 Å². The van der Waals surface area contributed by atoms with Gasteiger partial charge in [0.2, 0.25) is 19.0 Å². The minimum absolute atomic E-state index is 0.0256. The number of hydrogen-bond acceptors (Lipinski definition) is 8. The van der Waals surface area contributed by atoms with Gasteiger partial charge in [-0.25, -0.2) is 0 Å². The van der Waals surface area contributed by atoms with E-state index in [1.54, 1.807) is 14.2 Å². The number of hydrogen-bond donors (Lipinski definition) is 0. The molecule has 9 nitrogen and oxygen atoms in total. The van der Waals surface area contributed by atoms with Gasteiger partial charge >= 0.3 is 0 Å². The lowest BCUT2D eigenvalue weighted by molar-refractivity contribution is -0.120. The van der Waals surface area contributed by atoms with E-state index >= 15 is 0 Å². The average molecular weight is 621 g/mol. The van der Waals surface area contributed by atoms with E-state index in [2.05, 4.69) is 36.2 Å². The fourth-order valence-corrected chi connectivity index (χ4v) is 7.31. The highest BCUT2D eigenvalue weighted by atomic mass is 16.7. The molecule has 0 aromatic heterocycles. The molecule has 0 N–H and O–H groups in total. The Morgan fingerprint density at radius 2 is 1.50 bits per heavy atom. The second kappa shape index (κ2) is 11.5. The summed E-state index contributed by atoms with van der Waals surface area (Å²) < 4.78 is 36.9. The van der Waals surface area contributed by atoms with Crippen molar-refractivity contribution in [2.75, 3.05) is 41.1 Å². The van der Waals surface area contributed by atoms with E-state index < -0.39 is 0 Å². The summed E-state index contributed by atoms with van der Waals surface area (Å²) in [6.45, 7) is 1.65. The van der Waals surface area contributed by atoms with Gasteiger partial charge in [-0.15, -0.1) is 0 Å². The maximum absolute atomic E-state index is 12.4. The first-order valence-corrected chi connectivity index (χ1v) is 15.7. The van der Waals surface area contributed by atoms with Crippen LogP contribution < -0.4 is 28.4 Å². The molecule has 0 saturated carbocycles. The molecule has 5 aliphatic rings. The van der Waals surface area contributed by atoms with Crippen LogP contribution in [0.15, 0.2) is 60.7 Å². The molecule has 0 spiro atoms. The molecule has 9 heteroatoms. The van der Waals surface area contributed by atoms with Gasteiger partial charge in [-0.1, -0.05) is 18.2 Å². The van der Waals surface area contributed by atoms with Gasteiger partial charge in [-0.3, -0.25) is 9.69 Å². The monoisotopic (exact) mass is 620 g/mol. The number of benzene rings is 4. The standard InChI is InChI=1S/C37H36N2O7/c1-38-12-10-25-18-34-36(44-21-43-34)37-35(25)29(38)14-22-4-7-26(8-5-22)45-32-16-23(6-9-30(32)41-2)15-28-27-19-33(46-37)31(42-3)17-24(27)11-13-39(28)20-40/h4-9,16-20,28-29H,10-15,21H2,1-3H3/t28-,29+/m1/s1. The van der Waals surface area contributed by atoms with Crippen LogP contribution in [0.1, 0.15) is 45.5 Å². The zero-order valence-electron chi connectivity index (χ0n) is 26.2. The number of methoxy groups -OCH3 is 2. The number of carbonyl (C=O) groups is 1. The molecule has 1 amide bonds. The highest BCUT2D eigenvalue weighted by Crippen LogP contribution is 2.53. The number of ether oxygens (including phenoxy) is 6. The first-order chi connectivity index (χ1) is 22.5. The van der Waals surface area contributed by atoms with Crippen LogP contribution in [0.4, 0.5) is 0 Å². The lowest BCUT2D eigenvalue weighted by Crippen LogP contribution is -2.35. The Bertz CT molecular complexity index is 1820. The highest BCUT2D eigenvalue weighted by molar-refractivity contribution is 5.64. The summed E-state index contributed by atoms with van der Waals surface area (Å²) in [5.74, 6) is 5.15. The third kappa shape index (κ3) is 4.86. The third-order valence-corrected chi connectivity index (χ3v) is 9.75. The summed E-state index contributed by atoms with van der Waals surface area (Å²) in [4.78, 5) is 16.7. The van der Waals surface area contributed by atoms with Crippen LogP contribution in [0.2, 0.25) is 0 Å². The van der Waals surface area contributed by atoms with E-state index in [4.69, 9.17) is 28.4 Å².